The summed E-state index contributed by atoms with van der Waals surface area (Å²) in [5.74, 6) is -0.576. The van der Waals surface area contributed by atoms with E-state index in [4.69, 9.17) is 14.3 Å². The highest BCUT2D eigenvalue weighted by atomic mass is 19.1. The standard InChI is InChI=1S/C22H19FN2O4/c1-22(2)12-8-11(20-25-16(10-29-20)21(26)27)6-7-15(12)24-19-13(22)9-28-17-5-3-4-14(23)18(17)19/h3-8,10,13,19,24H,9H2,1-2H3,(H,26,27)/t13-,19-/m1/s1. The van der Waals surface area contributed by atoms with Gasteiger partial charge in [0, 0.05) is 22.6 Å². The van der Waals surface area contributed by atoms with Crippen LogP contribution in [0, 0.1) is 11.7 Å². The molecule has 1 aromatic heterocycles. The predicted octanol–water partition coefficient (Wildman–Crippen LogP) is 4.63. The second-order valence-corrected chi connectivity index (χ2v) is 8.02. The van der Waals surface area contributed by atoms with Gasteiger partial charge < -0.3 is 19.6 Å². The number of ether oxygens (including phenoxy) is 1. The van der Waals surface area contributed by atoms with Crippen molar-refractivity contribution >= 4 is 11.7 Å². The monoisotopic (exact) mass is 394 g/mol. The van der Waals surface area contributed by atoms with E-state index in [1.807, 2.05) is 18.2 Å². The van der Waals surface area contributed by atoms with Crippen LogP contribution in [0.5, 0.6) is 5.75 Å². The van der Waals surface area contributed by atoms with Gasteiger partial charge in [0.25, 0.3) is 0 Å². The van der Waals surface area contributed by atoms with Gasteiger partial charge in [0.1, 0.15) is 17.8 Å². The van der Waals surface area contributed by atoms with Crippen molar-refractivity contribution in [3.05, 3.63) is 65.3 Å². The van der Waals surface area contributed by atoms with E-state index in [0.717, 1.165) is 17.5 Å². The maximum Gasteiger partial charge on any atom is 0.357 e. The number of rotatable bonds is 2. The molecular weight excluding hydrogens is 375 g/mol. The lowest BCUT2D eigenvalue weighted by Crippen LogP contribution is -2.46. The first-order valence-corrected chi connectivity index (χ1v) is 9.37. The van der Waals surface area contributed by atoms with E-state index in [1.165, 1.54) is 6.07 Å². The zero-order chi connectivity index (χ0) is 20.3. The number of carboxylic acids is 1. The number of oxazole rings is 1. The van der Waals surface area contributed by atoms with Crippen LogP contribution >= 0.6 is 0 Å². The molecule has 2 aliphatic rings. The highest BCUT2D eigenvalue weighted by Crippen LogP contribution is 2.53. The Hall–Kier alpha value is -3.35. The Kier molecular flexibility index (Phi) is 3.71. The zero-order valence-corrected chi connectivity index (χ0v) is 15.9. The second kappa shape index (κ2) is 6.07. The lowest BCUT2D eigenvalue weighted by Gasteiger charge is -2.48. The summed E-state index contributed by atoms with van der Waals surface area (Å²) >= 11 is 0. The molecule has 0 aliphatic carbocycles. The van der Waals surface area contributed by atoms with Crippen molar-refractivity contribution in [2.75, 3.05) is 11.9 Å². The first kappa shape index (κ1) is 17.7. The minimum absolute atomic E-state index is 0.00814. The molecule has 0 spiro atoms. The van der Waals surface area contributed by atoms with Crippen molar-refractivity contribution in [1.29, 1.82) is 0 Å². The molecule has 0 unspecified atom stereocenters. The molecule has 3 heterocycles. The molecule has 3 aromatic rings. The predicted molar refractivity (Wildman–Crippen MR) is 104 cm³/mol. The van der Waals surface area contributed by atoms with Crippen LogP contribution in [-0.4, -0.2) is 22.7 Å². The van der Waals surface area contributed by atoms with Crippen LogP contribution < -0.4 is 10.1 Å². The first-order valence-electron chi connectivity index (χ1n) is 9.37. The fourth-order valence-corrected chi connectivity index (χ4v) is 4.43. The number of hydrogen-bond donors (Lipinski definition) is 2. The van der Waals surface area contributed by atoms with Gasteiger partial charge in [-0.2, -0.15) is 0 Å². The number of nitrogens with one attached hydrogen (secondary N) is 1. The molecule has 6 nitrogen and oxygen atoms in total. The molecule has 0 fully saturated rings. The number of aromatic carboxylic acids is 1. The van der Waals surface area contributed by atoms with Crippen molar-refractivity contribution in [3.63, 3.8) is 0 Å². The molecule has 0 bridgehead atoms. The molecule has 2 aromatic carbocycles. The Labute approximate surface area is 166 Å². The van der Waals surface area contributed by atoms with E-state index < -0.39 is 5.97 Å². The Morgan fingerprint density at radius 2 is 2.14 bits per heavy atom. The molecule has 2 N–H and O–H groups in total. The summed E-state index contributed by atoms with van der Waals surface area (Å²) in [7, 11) is 0. The maximum absolute atomic E-state index is 14.6. The van der Waals surface area contributed by atoms with E-state index in [2.05, 4.69) is 24.1 Å². The molecule has 0 saturated heterocycles. The second-order valence-electron chi connectivity index (χ2n) is 8.02. The molecule has 29 heavy (non-hydrogen) atoms. The van der Waals surface area contributed by atoms with E-state index in [0.29, 0.717) is 23.5 Å². The number of nitrogens with zero attached hydrogens (tertiary/aromatic N) is 1. The van der Waals surface area contributed by atoms with Crippen LogP contribution in [0.1, 0.15) is 41.5 Å². The summed E-state index contributed by atoms with van der Waals surface area (Å²) in [6.45, 7) is 4.69. The van der Waals surface area contributed by atoms with Gasteiger partial charge in [0.2, 0.25) is 5.89 Å². The number of fused-ring (bicyclic) bond motifs is 4. The maximum atomic E-state index is 14.6. The van der Waals surface area contributed by atoms with Crippen molar-refractivity contribution in [1.82, 2.24) is 4.98 Å². The van der Waals surface area contributed by atoms with E-state index in [-0.39, 0.29) is 34.8 Å². The zero-order valence-electron chi connectivity index (χ0n) is 15.9. The van der Waals surface area contributed by atoms with E-state index in [1.54, 1.807) is 12.1 Å². The van der Waals surface area contributed by atoms with Crippen molar-refractivity contribution in [2.24, 2.45) is 5.92 Å². The molecule has 0 amide bonds. The summed E-state index contributed by atoms with van der Waals surface area (Å²) in [5.41, 5.74) is 2.71. The summed E-state index contributed by atoms with van der Waals surface area (Å²) in [6, 6.07) is 10.4. The SMILES string of the molecule is CC1(C)c2cc(-c3nc(C(=O)O)co3)ccc2N[C@H]2c3c(F)cccc3OC[C@H]21. The van der Waals surface area contributed by atoms with Crippen molar-refractivity contribution in [3.8, 4) is 17.2 Å². The molecule has 2 aliphatic heterocycles. The third-order valence-electron chi connectivity index (χ3n) is 6.07. The van der Waals surface area contributed by atoms with Gasteiger partial charge in [-0.05, 0) is 35.9 Å². The van der Waals surface area contributed by atoms with E-state index >= 15 is 0 Å². The van der Waals surface area contributed by atoms with Gasteiger partial charge in [-0.1, -0.05) is 19.9 Å². The lowest BCUT2D eigenvalue weighted by atomic mass is 9.65. The van der Waals surface area contributed by atoms with Gasteiger partial charge in [-0.25, -0.2) is 14.2 Å². The number of hydrogen-bond acceptors (Lipinski definition) is 5. The minimum Gasteiger partial charge on any atom is -0.493 e. The third kappa shape index (κ3) is 2.61. The number of anilines is 1. The number of carboxylic acid groups (broad SMARTS) is 1. The van der Waals surface area contributed by atoms with Crippen LogP contribution in [-0.2, 0) is 5.41 Å². The van der Waals surface area contributed by atoms with Gasteiger partial charge in [-0.3, -0.25) is 0 Å². The molecule has 0 radical (unpaired) electrons. The quantitative estimate of drug-likeness (QED) is 0.659. The van der Waals surface area contributed by atoms with Crippen LogP contribution in [0.25, 0.3) is 11.5 Å². The molecule has 0 saturated carbocycles. The molecule has 148 valence electrons. The highest BCUT2D eigenvalue weighted by molar-refractivity contribution is 5.85. The summed E-state index contributed by atoms with van der Waals surface area (Å²) in [6.07, 6.45) is 1.13. The van der Waals surface area contributed by atoms with Gasteiger partial charge in [0.15, 0.2) is 5.69 Å². The largest absolute Gasteiger partial charge is 0.493 e. The lowest BCUT2D eigenvalue weighted by molar-refractivity contribution is 0.0690. The van der Waals surface area contributed by atoms with Crippen LogP contribution in [0.3, 0.4) is 0 Å². The molecule has 5 rings (SSSR count). The normalized spacial score (nSPS) is 21.2. The average Bonchev–Trinajstić information content (AvgIpc) is 3.18. The number of carbonyl (C=O) groups is 1. The van der Waals surface area contributed by atoms with Crippen LogP contribution in [0.15, 0.2) is 47.1 Å². The smallest absolute Gasteiger partial charge is 0.357 e. The number of benzene rings is 2. The van der Waals surface area contributed by atoms with Gasteiger partial charge in [-0.15, -0.1) is 0 Å². The van der Waals surface area contributed by atoms with E-state index in [9.17, 15) is 9.18 Å². The molecular formula is C22H19FN2O4. The highest BCUT2D eigenvalue weighted by Gasteiger charge is 2.47. The van der Waals surface area contributed by atoms with Gasteiger partial charge >= 0.3 is 5.97 Å². The number of aromatic nitrogens is 1. The number of halogens is 1. The van der Waals surface area contributed by atoms with Crippen LogP contribution in [0.4, 0.5) is 10.1 Å². The topological polar surface area (TPSA) is 84.6 Å². The molecule has 7 heteroatoms. The fourth-order valence-electron chi connectivity index (χ4n) is 4.43. The van der Waals surface area contributed by atoms with Crippen molar-refractivity contribution < 1.29 is 23.4 Å². The minimum atomic E-state index is -1.14. The average molecular weight is 394 g/mol. The Bertz CT molecular complexity index is 1140. The Morgan fingerprint density at radius 3 is 2.90 bits per heavy atom. The summed E-state index contributed by atoms with van der Waals surface area (Å²) < 4.78 is 25.9. The summed E-state index contributed by atoms with van der Waals surface area (Å²) in [4.78, 5) is 15.1. The molecule has 2 atom stereocenters. The third-order valence-corrected chi connectivity index (χ3v) is 6.07. The first-order chi connectivity index (χ1) is 13.9. The Balaban J connectivity index is 1.59. The fraction of sp³-hybridized carbons (Fsp3) is 0.273. The van der Waals surface area contributed by atoms with Crippen LogP contribution in [0.2, 0.25) is 0 Å². The Morgan fingerprint density at radius 1 is 1.31 bits per heavy atom. The van der Waals surface area contributed by atoms with Crippen molar-refractivity contribution in [2.45, 2.75) is 25.3 Å². The van der Waals surface area contributed by atoms with Gasteiger partial charge in [0.05, 0.1) is 18.2 Å². The summed E-state index contributed by atoms with van der Waals surface area (Å²) in [5, 5.41) is 12.6.